The van der Waals surface area contributed by atoms with Gasteiger partial charge in [0, 0.05) is 34.4 Å². The van der Waals surface area contributed by atoms with Crippen molar-refractivity contribution in [1.29, 1.82) is 0 Å². The average Bonchev–Trinajstić information content (AvgIpc) is 2.64. The molecule has 1 N–H and O–H groups in total. The predicted molar refractivity (Wildman–Crippen MR) is 118 cm³/mol. The highest BCUT2D eigenvalue weighted by Crippen LogP contribution is 2.38. The van der Waals surface area contributed by atoms with Crippen LogP contribution in [0.25, 0.3) is 22.2 Å². The third kappa shape index (κ3) is 4.54. The minimum atomic E-state index is -3.59. The Balaban J connectivity index is 2.39. The van der Waals surface area contributed by atoms with E-state index in [0.29, 0.717) is 27.7 Å². The van der Waals surface area contributed by atoms with E-state index in [1.54, 1.807) is 58.0 Å². The van der Waals surface area contributed by atoms with Crippen molar-refractivity contribution in [2.75, 3.05) is 6.26 Å². The van der Waals surface area contributed by atoms with E-state index in [4.69, 9.17) is 0 Å². The number of hydrogen-bond acceptors (Lipinski definition) is 4. The molecule has 3 aromatic rings. The molecule has 0 aliphatic rings. The number of amides is 1. The van der Waals surface area contributed by atoms with Gasteiger partial charge in [0.15, 0.2) is 9.84 Å². The van der Waals surface area contributed by atoms with E-state index in [0.717, 1.165) is 6.26 Å². The second kappa shape index (κ2) is 7.92. The van der Waals surface area contributed by atoms with Gasteiger partial charge in [-0.3, -0.25) is 4.90 Å². The maximum atomic E-state index is 13.9. The third-order valence-electron chi connectivity index (χ3n) is 5.12. The molecule has 2 aromatic carbocycles. The number of sulfone groups is 1. The van der Waals surface area contributed by atoms with Crippen molar-refractivity contribution in [2.45, 2.75) is 44.2 Å². The van der Waals surface area contributed by atoms with Crippen LogP contribution in [0.3, 0.4) is 0 Å². The highest BCUT2D eigenvalue weighted by molar-refractivity contribution is 7.90. The number of halogens is 1. The fourth-order valence-corrected chi connectivity index (χ4v) is 4.74. The van der Waals surface area contributed by atoms with E-state index >= 15 is 0 Å². The molecule has 31 heavy (non-hydrogen) atoms. The molecule has 6 nitrogen and oxygen atoms in total. The molecule has 0 spiro atoms. The molecule has 1 amide bonds. The van der Waals surface area contributed by atoms with Crippen LogP contribution >= 0.6 is 0 Å². The Labute approximate surface area is 181 Å². The smallest absolute Gasteiger partial charge is 0.408 e. The maximum absolute atomic E-state index is 13.9. The molecule has 0 fully saturated rings. The number of fused-ring (bicyclic) bond motifs is 1. The quantitative estimate of drug-likeness (QED) is 0.591. The van der Waals surface area contributed by atoms with Crippen LogP contribution in [0.2, 0.25) is 0 Å². The molecule has 0 unspecified atom stereocenters. The molecule has 0 saturated heterocycles. The summed E-state index contributed by atoms with van der Waals surface area (Å²) in [5.41, 5.74) is 0.815. The van der Waals surface area contributed by atoms with Gasteiger partial charge >= 0.3 is 6.09 Å². The van der Waals surface area contributed by atoms with Gasteiger partial charge in [0.25, 0.3) is 0 Å². The molecule has 1 aromatic heterocycles. The lowest BCUT2D eigenvalue weighted by atomic mass is 9.94. The SMILES string of the molecule is C[C@@H](c1cc2ccc(F)cc2nc1-c1ccccc1S(C)(=O)=O)N(C(=O)O)C(C)(C)C. The minimum Gasteiger partial charge on any atom is -0.465 e. The van der Waals surface area contributed by atoms with Gasteiger partial charge in [-0.25, -0.2) is 22.6 Å². The molecule has 0 saturated carbocycles. The summed E-state index contributed by atoms with van der Waals surface area (Å²) >= 11 is 0. The first kappa shape index (κ1) is 22.7. The van der Waals surface area contributed by atoms with E-state index in [9.17, 15) is 22.7 Å². The minimum absolute atomic E-state index is 0.0735. The maximum Gasteiger partial charge on any atom is 0.408 e. The van der Waals surface area contributed by atoms with Crippen LogP contribution < -0.4 is 0 Å². The van der Waals surface area contributed by atoms with Gasteiger partial charge in [-0.05, 0) is 52.0 Å². The van der Waals surface area contributed by atoms with Crippen LogP contribution in [0.5, 0.6) is 0 Å². The van der Waals surface area contributed by atoms with Crippen molar-refractivity contribution in [2.24, 2.45) is 0 Å². The van der Waals surface area contributed by atoms with Crippen molar-refractivity contribution < 1.29 is 22.7 Å². The number of carboxylic acid groups (broad SMARTS) is 1. The number of pyridine rings is 1. The summed E-state index contributed by atoms with van der Waals surface area (Å²) in [6.07, 6.45) is -0.00416. The lowest BCUT2D eigenvalue weighted by Gasteiger charge is -2.38. The normalized spacial score (nSPS) is 13.2. The molecule has 1 heterocycles. The number of rotatable bonds is 4. The molecular formula is C23H25FN2O4S. The van der Waals surface area contributed by atoms with Gasteiger partial charge in [-0.1, -0.05) is 18.2 Å². The number of nitrogens with zero attached hydrogens (tertiary/aromatic N) is 2. The van der Waals surface area contributed by atoms with Gasteiger partial charge in [0.2, 0.25) is 0 Å². The number of hydrogen-bond donors (Lipinski definition) is 1. The van der Waals surface area contributed by atoms with Crippen molar-refractivity contribution >= 4 is 26.8 Å². The molecule has 1 atom stereocenters. The largest absolute Gasteiger partial charge is 0.465 e. The van der Waals surface area contributed by atoms with Crippen molar-refractivity contribution in [3.05, 3.63) is 59.9 Å². The molecule has 164 valence electrons. The monoisotopic (exact) mass is 444 g/mol. The fourth-order valence-electron chi connectivity index (χ4n) is 3.85. The van der Waals surface area contributed by atoms with E-state index in [1.807, 2.05) is 0 Å². The highest BCUT2D eigenvalue weighted by atomic mass is 32.2. The second-order valence-electron chi connectivity index (χ2n) is 8.53. The van der Waals surface area contributed by atoms with Crippen LogP contribution in [0.1, 0.15) is 39.3 Å². The summed E-state index contributed by atoms with van der Waals surface area (Å²) in [4.78, 5) is 18.1. The van der Waals surface area contributed by atoms with E-state index in [-0.39, 0.29) is 4.90 Å². The lowest BCUT2D eigenvalue weighted by molar-refractivity contribution is 0.0754. The Morgan fingerprint density at radius 3 is 2.35 bits per heavy atom. The number of aromatic nitrogens is 1. The van der Waals surface area contributed by atoms with Crippen LogP contribution in [0, 0.1) is 5.82 Å². The van der Waals surface area contributed by atoms with E-state index in [1.165, 1.54) is 23.1 Å². The molecule has 0 aliphatic carbocycles. The van der Waals surface area contributed by atoms with Crippen LogP contribution in [-0.2, 0) is 9.84 Å². The van der Waals surface area contributed by atoms with Gasteiger partial charge in [-0.15, -0.1) is 0 Å². The van der Waals surface area contributed by atoms with E-state index < -0.39 is 33.3 Å². The first-order chi connectivity index (χ1) is 14.3. The standard InChI is InChI=1S/C23H25FN2O4S/c1-14(26(22(27)28)23(2,3)4)18-12-15-10-11-16(24)13-19(15)25-21(18)17-8-6-7-9-20(17)31(5,29)30/h6-14H,1-5H3,(H,27,28)/t14-/m0/s1. The van der Waals surface area contributed by atoms with Gasteiger partial charge in [-0.2, -0.15) is 0 Å². The second-order valence-corrected chi connectivity index (χ2v) is 10.5. The molecular weight excluding hydrogens is 419 g/mol. The Morgan fingerprint density at radius 2 is 1.77 bits per heavy atom. The van der Waals surface area contributed by atoms with Crippen LogP contribution in [-0.4, -0.2) is 41.3 Å². The van der Waals surface area contributed by atoms with E-state index in [2.05, 4.69) is 4.98 Å². The topological polar surface area (TPSA) is 87.6 Å². The molecule has 0 aliphatic heterocycles. The zero-order valence-electron chi connectivity index (χ0n) is 18.0. The van der Waals surface area contributed by atoms with Gasteiger partial charge in [0.1, 0.15) is 5.82 Å². The summed E-state index contributed by atoms with van der Waals surface area (Å²) in [5, 5.41) is 10.5. The summed E-state index contributed by atoms with van der Waals surface area (Å²) in [6, 6.07) is 11.7. The van der Waals surface area contributed by atoms with Crippen molar-refractivity contribution in [1.82, 2.24) is 9.88 Å². The van der Waals surface area contributed by atoms with Crippen LogP contribution in [0.4, 0.5) is 9.18 Å². The molecule has 0 radical (unpaired) electrons. The first-order valence-electron chi connectivity index (χ1n) is 9.72. The summed E-state index contributed by atoms with van der Waals surface area (Å²) in [7, 11) is -3.59. The lowest BCUT2D eigenvalue weighted by Crippen LogP contribution is -2.46. The zero-order valence-corrected chi connectivity index (χ0v) is 18.9. The Morgan fingerprint density at radius 1 is 1.13 bits per heavy atom. The molecule has 0 bridgehead atoms. The molecule has 3 rings (SSSR count). The number of benzene rings is 2. The Bertz CT molecular complexity index is 1270. The number of carbonyl (C=O) groups is 1. The zero-order chi connectivity index (χ0) is 23.1. The highest BCUT2D eigenvalue weighted by Gasteiger charge is 2.34. The molecule has 8 heteroatoms. The van der Waals surface area contributed by atoms with Gasteiger partial charge in [0.05, 0.1) is 22.1 Å². The summed E-state index contributed by atoms with van der Waals surface area (Å²) in [6.45, 7) is 7.08. The third-order valence-corrected chi connectivity index (χ3v) is 6.27. The fraction of sp³-hybridized carbons (Fsp3) is 0.304. The van der Waals surface area contributed by atoms with Crippen molar-refractivity contribution in [3.8, 4) is 11.3 Å². The summed E-state index contributed by atoms with van der Waals surface area (Å²) in [5.74, 6) is -0.468. The predicted octanol–water partition coefficient (Wildman–Crippen LogP) is 5.28. The van der Waals surface area contributed by atoms with Crippen LogP contribution in [0.15, 0.2) is 53.4 Å². The van der Waals surface area contributed by atoms with Crippen molar-refractivity contribution in [3.63, 3.8) is 0 Å². The average molecular weight is 445 g/mol. The Hall–Kier alpha value is -3.00. The van der Waals surface area contributed by atoms with Gasteiger partial charge < -0.3 is 5.11 Å². The summed E-state index contributed by atoms with van der Waals surface area (Å²) < 4.78 is 38.7. The Kier molecular flexibility index (Phi) is 5.80. The first-order valence-corrected chi connectivity index (χ1v) is 11.6.